The van der Waals surface area contributed by atoms with Crippen molar-refractivity contribution in [1.82, 2.24) is 9.47 Å². The van der Waals surface area contributed by atoms with E-state index in [1.54, 1.807) is 4.57 Å². The van der Waals surface area contributed by atoms with E-state index >= 15 is 0 Å². The van der Waals surface area contributed by atoms with E-state index in [0.717, 1.165) is 49.7 Å². The topological polar surface area (TPSA) is 62.5 Å². The lowest BCUT2D eigenvalue weighted by Gasteiger charge is -2.52. The molecular formula is C25H30N2O3. The monoisotopic (exact) mass is 406 g/mol. The van der Waals surface area contributed by atoms with Crippen molar-refractivity contribution in [3.05, 3.63) is 69.6 Å². The van der Waals surface area contributed by atoms with Gasteiger partial charge in [0.05, 0.1) is 5.60 Å². The third kappa shape index (κ3) is 3.11. The summed E-state index contributed by atoms with van der Waals surface area (Å²) in [6.07, 6.45) is 8.26. The molecule has 5 rings (SSSR count). The minimum Gasteiger partial charge on any atom is -0.385 e. The molecule has 2 heterocycles. The van der Waals surface area contributed by atoms with Crippen LogP contribution < -0.4 is 5.56 Å². The van der Waals surface area contributed by atoms with Gasteiger partial charge in [0.25, 0.3) is 11.5 Å². The molecule has 5 heteroatoms. The maximum atomic E-state index is 13.7. The van der Waals surface area contributed by atoms with Crippen LogP contribution in [0.15, 0.2) is 47.4 Å². The third-order valence-corrected chi connectivity index (χ3v) is 7.49. The van der Waals surface area contributed by atoms with Gasteiger partial charge < -0.3 is 14.6 Å². The van der Waals surface area contributed by atoms with E-state index in [2.05, 4.69) is 0 Å². The average Bonchev–Trinajstić information content (AvgIpc) is 3.60. The molecule has 0 spiro atoms. The van der Waals surface area contributed by atoms with Gasteiger partial charge in [-0.15, -0.1) is 0 Å². The highest BCUT2D eigenvalue weighted by Gasteiger charge is 2.50. The Balaban J connectivity index is 1.50. The second-order valence-electron chi connectivity index (χ2n) is 9.31. The molecule has 1 aliphatic heterocycles. The molecule has 1 aromatic heterocycles. The number of carbonyl (C=O) groups is 1. The quantitative estimate of drug-likeness (QED) is 0.844. The van der Waals surface area contributed by atoms with Crippen LogP contribution in [0, 0.1) is 12.8 Å². The summed E-state index contributed by atoms with van der Waals surface area (Å²) in [6, 6.07) is 12.0. The highest BCUT2D eigenvalue weighted by molar-refractivity contribution is 5.95. The van der Waals surface area contributed by atoms with Crippen LogP contribution in [-0.4, -0.2) is 33.1 Å². The van der Waals surface area contributed by atoms with Crippen LogP contribution in [0.25, 0.3) is 0 Å². The molecule has 158 valence electrons. The molecule has 3 atom stereocenters. The molecule has 2 saturated carbocycles. The van der Waals surface area contributed by atoms with Crippen LogP contribution in [0.5, 0.6) is 0 Å². The van der Waals surface area contributed by atoms with Crippen molar-refractivity contribution in [2.75, 3.05) is 6.54 Å². The Kier molecular flexibility index (Phi) is 4.81. The summed E-state index contributed by atoms with van der Waals surface area (Å²) < 4.78 is 1.74. The first-order chi connectivity index (χ1) is 14.5. The van der Waals surface area contributed by atoms with Gasteiger partial charge in [0.1, 0.15) is 5.56 Å². The summed E-state index contributed by atoms with van der Waals surface area (Å²) in [5.41, 5.74) is 0.944. The fourth-order valence-electron chi connectivity index (χ4n) is 5.71. The molecule has 3 aliphatic rings. The van der Waals surface area contributed by atoms with Crippen molar-refractivity contribution in [1.29, 1.82) is 0 Å². The van der Waals surface area contributed by atoms with Crippen LogP contribution >= 0.6 is 0 Å². The van der Waals surface area contributed by atoms with Gasteiger partial charge in [-0.05, 0) is 56.2 Å². The Morgan fingerprint density at radius 2 is 1.80 bits per heavy atom. The van der Waals surface area contributed by atoms with Gasteiger partial charge in [0.15, 0.2) is 0 Å². The predicted octanol–water partition coefficient (Wildman–Crippen LogP) is 3.78. The van der Waals surface area contributed by atoms with Crippen molar-refractivity contribution in [2.24, 2.45) is 5.92 Å². The Morgan fingerprint density at radius 1 is 1.07 bits per heavy atom. The number of carbonyl (C=O) groups excluding carboxylic acids is 1. The number of nitrogens with zero attached hydrogens (tertiary/aromatic N) is 2. The number of aliphatic hydroxyl groups is 1. The number of amides is 1. The molecule has 30 heavy (non-hydrogen) atoms. The third-order valence-electron chi connectivity index (χ3n) is 7.49. The fraction of sp³-hybridized carbons (Fsp3) is 0.520. The number of fused-ring (bicyclic) bond motifs is 1. The number of aromatic nitrogens is 1. The first-order valence-electron chi connectivity index (χ1n) is 11.3. The minimum atomic E-state index is -0.914. The summed E-state index contributed by atoms with van der Waals surface area (Å²) in [4.78, 5) is 28.7. The average molecular weight is 407 g/mol. The lowest BCUT2D eigenvalue weighted by Crippen LogP contribution is -2.59. The minimum absolute atomic E-state index is 0.000950. The van der Waals surface area contributed by atoms with Crippen LogP contribution in [0.1, 0.15) is 72.5 Å². The van der Waals surface area contributed by atoms with E-state index < -0.39 is 5.60 Å². The number of aryl methyl sites for hydroxylation is 1. The van der Waals surface area contributed by atoms with E-state index in [0.29, 0.717) is 18.5 Å². The Hall–Kier alpha value is -2.40. The Bertz CT molecular complexity index is 1010. The zero-order chi connectivity index (χ0) is 20.9. The van der Waals surface area contributed by atoms with Gasteiger partial charge in [-0.1, -0.05) is 43.2 Å². The summed E-state index contributed by atoms with van der Waals surface area (Å²) in [6.45, 7) is 2.33. The van der Waals surface area contributed by atoms with E-state index in [1.165, 1.54) is 0 Å². The second kappa shape index (κ2) is 7.38. The van der Waals surface area contributed by atoms with Gasteiger partial charge in [-0.2, -0.15) is 0 Å². The standard InChI is InChI=1S/C25H30N2O3/c1-17-13-15-26(19-11-12-19)23(28)22(17)24(29)27-16-14-25(30,18-7-3-2-4-8-18)20-9-5-6-10-21(20)27/h2-4,7-8,13,15,19-21,30H,5-6,9-12,14,16H2,1H3/t20-,21+,25+/m0/s1. The summed E-state index contributed by atoms with van der Waals surface area (Å²) in [7, 11) is 0. The number of pyridine rings is 1. The zero-order valence-corrected chi connectivity index (χ0v) is 17.6. The van der Waals surface area contributed by atoms with Gasteiger partial charge in [0, 0.05) is 30.7 Å². The molecule has 2 aromatic rings. The summed E-state index contributed by atoms with van der Waals surface area (Å²) >= 11 is 0. The van der Waals surface area contributed by atoms with Crippen molar-refractivity contribution >= 4 is 5.91 Å². The number of hydrogen-bond donors (Lipinski definition) is 1. The second-order valence-corrected chi connectivity index (χ2v) is 9.31. The predicted molar refractivity (Wildman–Crippen MR) is 115 cm³/mol. The first-order valence-corrected chi connectivity index (χ1v) is 11.3. The SMILES string of the molecule is Cc1ccn(C2CC2)c(=O)c1C(=O)N1CC[C@@](O)(c2ccccc2)[C@H]2CCCC[C@H]21. The van der Waals surface area contributed by atoms with Crippen molar-refractivity contribution in [3.63, 3.8) is 0 Å². The number of piperidine rings is 1. The molecule has 0 bridgehead atoms. The van der Waals surface area contributed by atoms with Crippen molar-refractivity contribution in [3.8, 4) is 0 Å². The van der Waals surface area contributed by atoms with Gasteiger partial charge >= 0.3 is 0 Å². The fourth-order valence-corrected chi connectivity index (χ4v) is 5.71. The number of benzene rings is 1. The van der Waals surface area contributed by atoms with Crippen LogP contribution in [0.4, 0.5) is 0 Å². The largest absolute Gasteiger partial charge is 0.385 e. The molecule has 5 nitrogen and oxygen atoms in total. The van der Waals surface area contributed by atoms with Crippen LogP contribution in [-0.2, 0) is 5.60 Å². The molecule has 0 radical (unpaired) electrons. The van der Waals surface area contributed by atoms with Gasteiger partial charge in [-0.3, -0.25) is 9.59 Å². The maximum Gasteiger partial charge on any atom is 0.263 e. The summed E-state index contributed by atoms with van der Waals surface area (Å²) in [5.74, 6) is -0.152. The lowest BCUT2D eigenvalue weighted by atomic mass is 9.66. The zero-order valence-electron chi connectivity index (χ0n) is 17.6. The van der Waals surface area contributed by atoms with Gasteiger partial charge in [0.2, 0.25) is 0 Å². The molecule has 1 amide bonds. The molecular weight excluding hydrogens is 376 g/mol. The number of likely N-dealkylation sites (tertiary alicyclic amines) is 1. The molecule has 1 N–H and O–H groups in total. The Morgan fingerprint density at radius 3 is 2.53 bits per heavy atom. The first kappa shape index (κ1) is 19.6. The smallest absolute Gasteiger partial charge is 0.263 e. The van der Waals surface area contributed by atoms with Crippen LogP contribution in [0.2, 0.25) is 0 Å². The van der Waals surface area contributed by atoms with Crippen LogP contribution in [0.3, 0.4) is 0 Å². The highest BCUT2D eigenvalue weighted by Crippen LogP contribution is 2.47. The Labute approximate surface area is 177 Å². The van der Waals surface area contributed by atoms with E-state index in [4.69, 9.17) is 0 Å². The normalized spacial score (nSPS) is 28.8. The maximum absolute atomic E-state index is 13.7. The van der Waals surface area contributed by atoms with Gasteiger partial charge in [-0.25, -0.2) is 0 Å². The molecule has 1 saturated heterocycles. The summed E-state index contributed by atoms with van der Waals surface area (Å²) in [5, 5.41) is 11.7. The van der Waals surface area contributed by atoms with E-state index in [9.17, 15) is 14.7 Å². The number of rotatable bonds is 3. The van der Waals surface area contributed by atoms with Crippen molar-refractivity contribution in [2.45, 2.75) is 69.6 Å². The van der Waals surface area contributed by atoms with Crippen molar-refractivity contribution < 1.29 is 9.90 Å². The molecule has 1 aromatic carbocycles. The number of hydrogen-bond acceptors (Lipinski definition) is 3. The lowest BCUT2D eigenvalue weighted by molar-refractivity contribution is -0.110. The molecule has 3 fully saturated rings. The van der Waals surface area contributed by atoms with E-state index in [1.807, 2.05) is 54.4 Å². The molecule has 2 aliphatic carbocycles. The van der Waals surface area contributed by atoms with E-state index in [-0.39, 0.29) is 29.5 Å². The molecule has 0 unspecified atom stereocenters. The highest BCUT2D eigenvalue weighted by atomic mass is 16.3.